The first-order valence-corrected chi connectivity index (χ1v) is 9.97. The first kappa shape index (κ1) is 20.4. The van der Waals surface area contributed by atoms with Crippen molar-refractivity contribution in [1.82, 2.24) is 14.7 Å². The third-order valence-corrected chi connectivity index (χ3v) is 5.14. The lowest BCUT2D eigenvalue weighted by atomic mass is 10.1. The molecule has 142 valence electrons. The Morgan fingerprint density at radius 3 is 1.88 bits per heavy atom. The Hall–Kier alpha value is -1.90. The average molecular weight is 403 g/mol. The van der Waals surface area contributed by atoms with Gasteiger partial charge in [-0.05, 0) is 11.1 Å². The van der Waals surface area contributed by atoms with Crippen LogP contribution in [0.4, 0.5) is 0 Å². The van der Waals surface area contributed by atoms with E-state index in [9.17, 15) is 16.8 Å². The van der Waals surface area contributed by atoms with Gasteiger partial charge in [0.2, 0.25) is 0 Å². The lowest BCUT2D eigenvalue weighted by Gasteiger charge is -2.22. The van der Waals surface area contributed by atoms with Crippen molar-refractivity contribution in [2.45, 2.75) is 12.7 Å². The van der Waals surface area contributed by atoms with E-state index in [1.165, 1.54) is 0 Å². The SMILES string of the molecule is O=S(=O)(O)N(ONC(NCc1ccccc1)c1ccccc1)S(=O)(=O)O. The van der Waals surface area contributed by atoms with Gasteiger partial charge in [-0.3, -0.25) is 14.4 Å². The summed E-state index contributed by atoms with van der Waals surface area (Å²) in [5.41, 5.74) is 3.63. The van der Waals surface area contributed by atoms with Crippen LogP contribution in [0.1, 0.15) is 17.3 Å². The molecule has 0 aliphatic heterocycles. The number of hydrogen-bond acceptors (Lipinski definition) is 7. The fraction of sp³-hybridized carbons (Fsp3) is 0.143. The van der Waals surface area contributed by atoms with E-state index in [1.54, 1.807) is 30.3 Å². The summed E-state index contributed by atoms with van der Waals surface area (Å²) in [6.45, 7) is 0.328. The summed E-state index contributed by atoms with van der Waals surface area (Å²) < 4.78 is 61.1. The predicted octanol–water partition coefficient (Wildman–Crippen LogP) is 0.819. The van der Waals surface area contributed by atoms with E-state index in [2.05, 4.69) is 15.7 Å². The van der Waals surface area contributed by atoms with Gasteiger partial charge in [-0.1, -0.05) is 60.7 Å². The molecule has 1 atom stereocenters. The highest BCUT2D eigenvalue weighted by Crippen LogP contribution is 2.13. The van der Waals surface area contributed by atoms with E-state index < -0.39 is 30.6 Å². The predicted molar refractivity (Wildman–Crippen MR) is 91.6 cm³/mol. The van der Waals surface area contributed by atoms with Crippen molar-refractivity contribution in [2.24, 2.45) is 0 Å². The fourth-order valence-electron chi connectivity index (χ4n) is 2.00. The van der Waals surface area contributed by atoms with Crippen LogP contribution < -0.4 is 10.8 Å². The minimum atomic E-state index is -5.38. The van der Waals surface area contributed by atoms with E-state index in [0.29, 0.717) is 12.1 Å². The highest BCUT2D eigenvalue weighted by Gasteiger charge is 2.34. The molecule has 0 fully saturated rings. The molecule has 0 aliphatic carbocycles. The molecule has 0 saturated carbocycles. The molecule has 0 bridgehead atoms. The zero-order valence-electron chi connectivity index (χ0n) is 13.3. The maximum Gasteiger partial charge on any atom is 0.376 e. The first-order chi connectivity index (χ1) is 12.2. The third-order valence-electron chi connectivity index (χ3n) is 3.11. The Kier molecular flexibility index (Phi) is 6.80. The third kappa shape index (κ3) is 6.12. The molecule has 4 N–H and O–H groups in total. The number of benzene rings is 2. The lowest BCUT2D eigenvalue weighted by molar-refractivity contribution is -0.118. The van der Waals surface area contributed by atoms with Gasteiger partial charge in [0.1, 0.15) is 10.0 Å². The highest BCUT2D eigenvalue weighted by atomic mass is 32.3. The molecule has 0 heterocycles. The van der Waals surface area contributed by atoms with Crippen molar-refractivity contribution in [3.8, 4) is 0 Å². The van der Waals surface area contributed by atoms with Crippen LogP contribution in [0.25, 0.3) is 0 Å². The zero-order valence-corrected chi connectivity index (χ0v) is 14.9. The molecule has 0 radical (unpaired) electrons. The molecule has 2 aromatic carbocycles. The van der Waals surface area contributed by atoms with Gasteiger partial charge in [-0.15, -0.1) is 0 Å². The van der Waals surface area contributed by atoms with E-state index >= 15 is 0 Å². The minimum Gasteiger partial charge on any atom is -0.292 e. The second-order valence-electron chi connectivity index (χ2n) is 5.04. The largest absolute Gasteiger partial charge is 0.376 e. The van der Waals surface area contributed by atoms with E-state index in [0.717, 1.165) is 5.56 Å². The van der Waals surface area contributed by atoms with Crippen LogP contribution in [0.15, 0.2) is 60.7 Å². The summed E-state index contributed by atoms with van der Waals surface area (Å²) in [4.78, 5) is 4.42. The molecular weight excluding hydrogens is 386 g/mol. The summed E-state index contributed by atoms with van der Waals surface area (Å²) >= 11 is 0. The fourth-order valence-corrected chi connectivity index (χ4v) is 3.22. The average Bonchev–Trinajstić information content (AvgIpc) is 2.57. The molecule has 0 amide bonds. The van der Waals surface area contributed by atoms with E-state index in [4.69, 9.17) is 9.11 Å². The van der Waals surface area contributed by atoms with E-state index in [-0.39, 0.29) is 0 Å². The quantitative estimate of drug-likeness (QED) is 0.271. The summed E-state index contributed by atoms with van der Waals surface area (Å²) in [7, 11) is -10.8. The second-order valence-corrected chi connectivity index (χ2v) is 7.72. The molecule has 0 saturated heterocycles. The van der Waals surface area contributed by atoms with Crippen molar-refractivity contribution in [3.63, 3.8) is 0 Å². The van der Waals surface area contributed by atoms with Gasteiger partial charge in [0.05, 0.1) is 0 Å². The Labute approximate surface area is 151 Å². The highest BCUT2D eigenvalue weighted by molar-refractivity contribution is 7.98. The lowest BCUT2D eigenvalue weighted by Crippen LogP contribution is -2.44. The number of rotatable bonds is 9. The topological polar surface area (TPSA) is 145 Å². The number of nitrogens with zero attached hydrogens (tertiary/aromatic N) is 1. The van der Waals surface area contributed by atoms with Crippen LogP contribution in [-0.2, 0) is 32.1 Å². The molecule has 2 rings (SSSR count). The molecule has 26 heavy (non-hydrogen) atoms. The summed E-state index contributed by atoms with van der Waals surface area (Å²) in [6.07, 6.45) is -0.873. The Bertz CT molecular complexity index is 874. The Morgan fingerprint density at radius 2 is 1.38 bits per heavy atom. The molecule has 1 unspecified atom stereocenters. The van der Waals surface area contributed by atoms with Crippen molar-refractivity contribution in [3.05, 3.63) is 71.8 Å². The van der Waals surface area contributed by atoms with Crippen LogP contribution in [0, 0.1) is 0 Å². The van der Waals surface area contributed by atoms with Crippen molar-refractivity contribution < 1.29 is 30.9 Å². The van der Waals surface area contributed by atoms with Crippen LogP contribution in [0.3, 0.4) is 0 Å². The number of hydrogen-bond donors (Lipinski definition) is 4. The summed E-state index contributed by atoms with van der Waals surface area (Å²) in [5, 5.41) is 2.99. The standard InChI is InChI=1S/C14H17N3O7S2/c18-25(19,20)17(26(21,22)23)24-16-14(13-9-5-2-6-10-13)15-11-12-7-3-1-4-8-12/h1-10,14-16H,11H2,(H,18,19,20)(H,21,22,23). The molecule has 0 aliphatic rings. The zero-order chi connectivity index (χ0) is 19.2. The smallest absolute Gasteiger partial charge is 0.292 e. The maximum absolute atomic E-state index is 11.1. The Balaban J connectivity index is 2.16. The van der Waals surface area contributed by atoms with Crippen LogP contribution in [-0.4, -0.2) is 29.8 Å². The number of nitrogens with one attached hydrogen (secondary N) is 2. The van der Waals surface area contributed by atoms with Gasteiger partial charge in [-0.2, -0.15) is 27.3 Å². The van der Waals surface area contributed by atoms with Crippen molar-refractivity contribution >= 4 is 20.6 Å². The van der Waals surface area contributed by atoms with Gasteiger partial charge in [0, 0.05) is 6.54 Å². The molecule has 12 heteroatoms. The van der Waals surface area contributed by atoms with Crippen LogP contribution in [0.2, 0.25) is 0 Å². The molecular formula is C14H17N3O7S2. The monoisotopic (exact) mass is 403 g/mol. The van der Waals surface area contributed by atoms with Gasteiger partial charge in [-0.25, -0.2) is 0 Å². The minimum absolute atomic E-state index is 0.328. The van der Waals surface area contributed by atoms with Gasteiger partial charge < -0.3 is 0 Å². The summed E-state index contributed by atoms with van der Waals surface area (Å²) in [5.74, 6) is 0. The first-order valence-electron chi connectivity index (χ1n) is 7.18. The Morgan fingerprint density at radius 1 is 0.885 bits per heavy atom. The van der Waals surface area contributed by atoms with E-state index in [1.807, 2.05) is 30.3 Å². The molecule has 2 aromatic rings. The van der Waals surface area contributed by atoms with Gasteiger partial charge >= 0.3 is 20.6 Å². The van der Waals surface area contributed by atoms with Crippen LogP contribution >= 0.6 is 0 Å². The normalized spacial score (nSPS) is 13.7. The molecule has 0 spiro atoms. The van der Waals surface area contributed by atoms with Crippen molar-refractivity contribution in [1.29, 1.82) is 0 Å². The molecule has 0 aromatic heterocycles. The van der Waals surface area contributed by atoms with Crippen LogP contribution in [0.5, 0.6) is 0 Å². The number of hydroxylamine groups is 1. The van der Waals surface area contributed by atoms with Crippen molar-refractivity contribution in [2.75, 3.05) is 0 Å². The van der Waals surface area contributed by atoms with Gasteiger partial charge in [0.15, 0.2) is 0 Å². The molecule has 10 nitrogen and oxygen atoms in total. The van der Waals surface area contributed by atoms with Gasteiger partial charge in [0.25, 0.3) is 0 Å². The summed E-state index contributed by atoms with van der Waals surface area (Å²) in [6, 6.07) is 17.7. The second kappa shape index (κ2) is 8.66. The maximum atomic E-state index is 11.1.